The maximum atomic E-state index is 12.2. The summed E-state index contributed by atoms with van der Waals surface area (Å²) in [4.78, 5) is 0.174. The Morgan fingerprint density at radius 3 is 2.37 bits per heavy atom. The maximum Gasteiger partial charge on any atom is 0.240 e. The van der Waals surface area contributed by atoms with Gasteiger partial charge in [0, 0.05) is 12.1 Å². The Balaban J connectivity index is 3.01. The number of hydrogen-bond donors (Lipinski definition) is 1. The van der Waals surface area contributed by atoms with Gasteiger partial charge in [0.1, 0.15) is 0 Å². The third kappa shape index (κ3) is 4.11. The van der Waals surface area contributed by atoms with Crippen LogP contribution in [0.15, 0.2) is 23.1 Å². The van der Waals surface area contributed by atoms with Gasteiger partial charge in [0.05, 0.1) is 19.1 Å². The predicted molar refractivity (Wildman–Crippen MR) is 74.2 cm³/mol. The Hall–Kier alpha value is -1.27. The zero-order chi connectivity index (χ0) is 14.5. The van der Waals surface area contributed by atoms with E-state index >= 15 is 0 Å². The van der Waals surface area contributed by atoms with Crippen molar-refractivity contribution in [3.05, 3.63) is 18.2 Å². The van der Waals surface area contributed by atoms with Crippen molar-refractivity contribution in [2.45, 2.75) is 37.6 Å². The predicted octanol–water partition coefficient (Wildman–Crippen LogP) is 2.17. The lowest BCUT2D eigenvalue weighted by Crippen LogP contribution is -2.32. The summed E-state index contributed by atoms with van der Waals surface area (Å²) in [5.41, 5.74) is 0. The minimum atomic E-state index is -3.52. The molecule has 0 amide bonds. The van der Waals surface area contributed by atoms with Gasteiger partial charge in [0.25, 0.3) is 0 Å². The van der Waals surface area contributed by atoms with E-state index in [1.54, 1.807) is 6.07 Å². The van der Waals surface area contributed by atoms with Crippen molar-refractivity contribution in [2.24, 2.45) is 0 Å². The SMILES string of the molecule is CCC[C@@H](C)NS(=O)(=O)c1ccc(OC)c(OC)c1. The van der Waals surface area contributed by atoms with Gasteiger partial charge < -0.3 is 9.47 Å². The summed E-state index contributed by atoms with van der Waals surface area (Å²) in [6, 6.07) is 4.45. The second kappa shape index (κ2) is 6.77. The van der Waals surface area contributed by atoms with Gasteiger partial charge >= 0.3 is 0 Å². The molecule has 0 aliphatic rings. The van der Waals surface area contributed by atoms with Crippen LogP contribution in [0.1, 0.15) is 26.7 Å². The van der Waals surface area contributed by atoms with E-state index < -0.39 is 10.0 Å². The summed E-state index contributed by atoms with van der Waals surface area (Å²) in [6.07, 6.45) is 1.72. The lowest BCUT2D eigenvalue weighted by molar-refractivity contribution is 0.354. The van der Waals surface area contributed by atoms with Gasteiger partial charge in [0.2, 0.25) is 10.0 Å². The summed E-state index contributed by atoms with van der Waals surface area (Å²) in [5.74, 6) is 0.900. The van der Waals surface area contributed by atoms with Crippen molar-refractivity contribution in [1.29, 1.82) is 0 Å². The number of rotatable bonds is 7. The third-order valence-electron chi connectivity index (χ3n) is 2.74. The zero-order valence-corrected chi connectivity index (χ0v) is 12.6. The van der Waals surface area contributed by atoms with Crippen LogP contribution in [0.5, 0.6) is 11.5 Å². The number of hydrogen-bond acceptors (Lipinski definition) is 4. The minimum Gasteiger partial charge on any atom is -0.493 e. The first kappa shape index (κ1) is 15.8. The van der Waals surface area contributed by atoms with Crippen LogP contribution in [0.25, 0.3) is 0 Å². The lowest BCUT2D eigenvalue weighted by Gasteiger charge is -2.14. The van der Waals surface area contributed by atoms with Gasteiger partial charge in [-0.25, -0.2) is 13.1 Å². The average molecular weight is 287 g/mol. The molecule has 0 aromatic heterocycles. The molecule has 0 heterocycles. The van der Waals surface area contributed by atoms with E-state index in [0.29, 0.717) is 11.5 Å². The zero-order valence-electron chi connectivity index (χ0n) is 11.8. The van der Waals surface area contributed by atoms with Crippen molar-refractivity contribution < 1.29 is 17.9 Å². The summed E-state index contributed by atoms with van der Waals surface area (Å²) >= 11 is 0. The third-order valence-corrected chi connectivity index (χ3v) is 4.33. The van der Waals surface area contributed by atoms with Crippen LogP contribution in [0.2, 0.25) is 0 Å². The fourth-order valence-electron chi connectivity index (χ4n) is 1.81. The van der Waals surface area contributed by atoms with E-state index in [1.165, 1.54) is 26.4 Å². The van der Waals surface area contributed by atoms with Crippen molar-refractivity contribution in [2.75, 3.05) is 14.2 Å². The molecule has 0 fully saturated rings. The molecule has 0 bridgehead atoms. The molecular weight excluding hydrogens is 266 g/mol. The lowest BCUT2D eigenvalue weighted by atomic mass is 10.2. The molecule has 0 radical (unpaired) electrons. The molecule has 108 valence electrons. The Morgan fingerprint density at radius 1 is 1.21 bits per heavy atom. The van der Waals surface area contributed by atoms with Crippen LogP contribution >= 0.6 is 0 Å². The molecular formula is C13H21NO4S. The van der Waals surface area contributed by atoms with Crippen molar-refractivity contribution >= 4 is 10.0 Å². The van der Waals surface area contributed by atoms with Crippen LogP contribution in [0, 0.1) is 0 Å². The van der Waals surface area contributed by atoms with Crippen molar-refractivity contribution in [1.82, 2.24) is 4.72 Å². The second-order valence-electron chi connectivity index (χ2n) is 4.33. The molecule has 0 saturated heterocycles. The number of methoxy groups -OCH3 is 2. The molecule has 5 nitrogen and oxygen atoms in total. The topological polar surface area (TPSA) is 64.6 Å². The summed E-state index contributed by atoms with van der Waals surface area (Å²) in [7, 11) is -0.544. The number of nitrogens with one attached hydrogen (secondary N) is 1. The van der Waals surface area contributed by atoms with E-state index in [-0.39, 0.29) is 10.9 Å². The minimum absolute atomic E-state index is 0.0944. The van der Waals surface area contributed by atoms with Gasteiger partial charge in [-0.3, -0.25) is 0 Å². The van der Waals surface area contributed by atoms with Crippen LogP contribution in [-0.2, 0) is 10.0 Å². The fraction of sp³-hybridized carbons (Fsp3) is 0.538. The van der Waals surface area contributed by atoms with Gasteiger partial charge in [-0.05, 0) is 25.5 Å². The molecule has 0 saturated carbocycles. The molecule has 1 atom stereocenters. The van der Waals surface area contributed by atoms with Crippen LogP contribution in [-0.4, -0.2) is 28.7 Å². The van der Waals surface area contributed by atoms with Gasteiger partial charge in [-0.1, -0.05) is 13.3 Å². The summed E-state index contributed by atoms with van der Waals surface area (Å²) in [6.45, 7) is 3.86. The molecule has 1 rings (SSSR count). The molecule has 19 heavy (non-hydrogen) atoms. The van der Waals surface area contributed by atoms with E-state index in [4.69, 9.17) is 9.47 Å². The Kier molecular flexibility index (Phi) is 5.62. The highest BCUT2D eigenvalue weighted by Crippen LogP contribution is 2.29. The molecule has 0 aliphatic heterocycles. The monoisotopic (exact) mass is 287 g/mol. The van der Waals surface area contributed by atoms with Crippen molar-refractivity contribution in [3.8, 4) is 11.5 Å². The highest BCUT2D eigenvalue weighted by Gasteiger charge is 2.19. The number of ether oxygens (including phenoxy) is 2. The van der Waals surface area contributed by atoms with Crippen LogP contribution in [0.4, 0.5) is 0 Å². The molecule has 0 aliphatic carbocycles. The van der Waals surface area contributed by atoms with E-state index in [9.17, 15) is 8.42 Å². The highest BCUT2D eigenvalue weighted by atomic mass is 32.2. The van der Waals surface area contributed by atoms with Gasteiger partial charge in [-0.2, -0.15) is 0 Å². The molecule has 0 unspecified atom stereocenters. The first-order chi connectivity index (χ1) is 8.94. The van der Waals surface area contributed by atoms with E-state index in [1.807, 2.05) is 13.8 Å². The quantitative estimate of drug-likeness (QED) is 0.834. The smallest absolute Gasteiger partial charge is 0.240 e. The largest absolute Gasteiger partial charge is 0.493 e. The highest BCUT2D eigenvalue weighted by molar-refractivity contribution is 7.89. The Bertz CT molecular complexity index is 513. The molecule has 0 spiro atoms. The summed E-state index contributed by atoms with van der Waals surface area (Å²) in [5, 5.41) is 0. The van der Waals surface area contributed by atoms with Gasteiger partial charge in [0.15, 0.2) is 11.5 Å². The number of benzene rings is 1. The van der Waals surface area contributed by atoms with Crippen molar-refractivity contribution in [3.63, 3.8) is 0 Å². The molecule has 6 heteroatoms. The molecule has 1 aromatic carbocycles. The van der Waals surface area contributed by atoms with Crippen LogP contribution < -0.4 is 14.2 Å². The first-order valence-electron chi connectivity index (χ1n) is 6.19. The Morgan fingerprint density at radius 2 is 1.84 bits per heavy atom. The second-order valence-corrected chi connectivity index (χ2v) is 6.04. The normalized spacial score (nSPS) is 13.1. The molecule has 1 aromatic rings. The van der Waals surface area contributed by atoms with E-state index in [2.05, 4.69) is 4.72 Å². The number of sulfonamides is 1. The van der Waals surface area contributed by atoms with Gasteiger partial charge in [-0.15, -0.1) is 0 Å². The fourth-order valence-corrected chi connectivity index (χ4v) is 3.10. The average Bonchev–Trinajstić information content (AvgIpc) is 2.37. The van der Waals surface area contributed by atoms with E-state index in [0.717, 1.165) is 12.8 Å². The maximum absolute atomic E-state index is 12.2. The van der Waals surface area contributed by atoms with Crippen LogP contribution in [0.3, 0.4) is 0 Å². The molecule has 1 N–H and O–H groups in total. The Labute approximate surface area is 115 Å². The first-order valence-corrected chi connectivity index (χ1v) is 7.67. The summed E-state index contributed by atoms with van der Waals surface area (Å²) < 4.78 is 37.2. The standard InChI is InChI=1S/C13H21NO4S/c1-5-6-10(2)14-19(15,16)11-7-8-12(17-3)13(9-11)18-4/h7-10,14H,5-6H2,1-4H3/t10-/m1/s1.